The lowest BCUT2D eigenvalue weighted by molar-refractivity contribution is -0.115. The van der Waals surface area contributed by atoms with Crippen LogP contribution in [0.15, 0.2) is 24.3 Å². The molecule has 124 valence electrons. The lowest BCUT2D eigenvalue weighted by atomic mass is 10.1. The average molecular weight is 326 g/mol. The Morgan fingerprint density at radius 3 is 2.88 bits per heavy atom. The normalized spacial score (nSPS) is 10.8. The number of benzene rings is 1. The summed E-state index contributed by atoms with van der Waals surface area (Å²) in [6.07, 6.45) is 0.178. The fraction of sp³-hybridized carbons (Fsp3) is 0.250. The number of carbonyl (C=O) groups excluding carboxylic acids is 1. The van der Waals surface area contributed by atoms with Gasteiger partial charge in [0.15, 0.2) is 0 Å². The van der Waals surface area contributed by atoms with Crippen LogP contribution in [0, 0.1) is 13.8 Å². The number of aromatic nitrogens is 4. The van der Waals surface area contributed by atoms with Gasteiger partial charge >= 0.3 is 0 Å². The Balaban J connectivity index is 1.84. The van der Waals surface area contributed by atoms with Gasteiger partial charge in [-0.05, 0) is 26.0 Å². The van der Waals surface area contributed by atoms with E-state index in [4.69, 9.17) is 10.5 Å². The van der Waals surface area contributed by atoms with E-state index in [0.717, 1.165) is 17.0 Å². The summed E-state index contributed by atoms with van der Waals surface area (Å²) in [6, 6.07) is 7.20. The topological polar surface area (TPSA) is 107 Å². The van der Waals surface area contributed by atoms with Crippen molar-refractivity contribution in [2.24, 2.45) is 0 Å². The highest BCUT2D eigenvalue weighted by Crippen LogP contribution is 2.18. The fourth-order valence-electron chi connectivity index (χ4n) is 2.55. The molecule has 0 atom stereocenters. The van der Waals surface area contributed by atoms with E-state index in [1.807, 2.05) is 26.0 Å². The molecule has 2 heterocycles. The molecule has 3 rings (SSSR count). The van der Waals surface area contributed by atoms with Crippen LogP contribution in [0.25, 0.3) is 5.78 Å². The van der Waals surface area contributed by atoms with Gasteiger partial charge in [-0.3, -0.25) is 4.79 Å². The third kappa shape index (κ3) is 2.98. The molecule has 0 saturated carbocycles. The maximum atomic E-state index is 12.4. The molecule has 3 aromatic rings. The van der Waals surface area contributed by atoms with E-state index < -0.39 is 0 Å². The Morgan fingerprint density at radius 1 is 1.33 bits per heavy atom. The number of aryl methyl sites for hydroxylation is 2. The smallest absolute Gasteiger partial charge is 0.254 e. The zero-order chi connectivity index (χ0) is 17.3. The first-order valence-corrected chi connectivity index (χ1v) is 7.40. The van der Waals surface area contributed by atoms with Crippen molar-refractivity contribution in [3.8, 4) is 5.75 Å². The van der Waals surface area contributed by atoms with E-state index in [2.05, 4.69) is 20.4 Å². The van der Waals surface area contributed by atoms with E-state index in [0.29, 0.717) is 17.2 Å². The van der Waals surface area contributed by atoms with Crippen LogP contribution in [0.1, 0.15) is 17.0 Å². The van der Waals surface area contributed by atoms with Gasteiger partial charge in [0.1, 0.15) is 5.75 Å². The van der Waals surface area contributed by atoms with Crippen molar-refractivity contribution in [1.29, 1.82) is 0 Å². The minimum Gasteiger partial charge on any atom is -0.497 e. The highest BCUT2D eigenvalue weighted by atomic mass is 16.5. The zero-order valence-electron chi connectivity index (χ0n) is 13.7. The lowest BCUT2D eigenvalue weighted by Crippen LogP contribution is -2.17. The van der Waals surface area contributed by atoms with Crippen LogP contribution in [0.3, 0.4) is 0 Å². The Labute approximate surface area is 138 Å². The molecule has 0 aliphatic carbocycles. The van der Waals surface area contributed by atoms with Gasteiger partial charge in [0, 0.05) is 28.7 Å². The van der Waals surface area contributed by atoms with Crippen molar-refractivity contribution >= 4 is 23.3 Å². The van der Waals surface area contributed by atoms with Crippen molar-refractivity contribution in [1.82, 2.24) is 19.6 Å². The summed E-state index contributed by atoms with van der Waals surface area (Å²) in [5, 5.41) is 6.96. The van der Waals surface area contributed by atoms with Gasteiger partial charge in [0.05, 0.1) is 13.5 Å². The van der Waals surface area contributed by atoms with Crippen LogP contribution in [0.2, 0.25) is 0 Å². The number of nitrogens with zero attached hydrogens (tertiary/aromatic N) is 4. The molecule has 3 N–H and O–H groups in total. The number of nitrogen functional groups attached to an aromatic ring is 1. The predicted octanol–water partition coefficient (Wildman–Crippen LogP) is 1.51. The predicted molar refractivity (Wildman–Crippen MR) is 90.0 cm³/mol. The molecule has 0 radical (unpaired) electrons. The number of methoxy groups -OCH3 is 1. The Kier molecular flexibility index (Phi) is 4.03. The largest absolute Gasteiger partial charge is 0.497 e. The number of anilines is 2. The molecule has 8 heteroatoms. The molecule has 8 nitrogen and oxygen atoms in total. The van der Waals surface area contributed by atoms with Crippen LogP contribution < -0.4 is 15.8 Å². The van der Waals surface area contributed by atoms with E-state index in [9.17, 15) is 4.79 Å². The summed E-state index contributed by atoms with van der Waals surface area (Å²) in [5.41, 5.74) is 8.61. The molecule has 0 aliphatic rings. The van der Waals surface area contributed by atoms with Gasteiger partial charge in [0.2, 0.25) is 11.9 Å². The second-order valence-corrected chi connectivity index (χ2v) is 5.40. The molecule has 1 aromatic carbocycles. The number of ether oxygens (including phenoxy) is 1. The maximum absolute atomic E-state index is 12.4. The second kappa shape index (κ2) is 6.15. The number of nitrogens with one attached hydrogen (secondary N) is 1. The van der Waals surface area contributed by atoms with Gasteiger partial charge in [-0.15, -0.1) is 5.10 Å². The SMILES string of the molecule is COc1cccc(NC(=O)Cc2c(C)nc3nc(N)nn3c2C)c1. The van der Waals surface area contributed by atoms with E-state index in [-0.39, 0.29) is 18.3 Å². The molecule has 24 heavy (non-hydrogen) atoms. The van der Waals surface area contributed by atoms with E-state index in [1.165, 1.54) is 0 Å². The minimum absolute atomic E-state index is 0.149. The number of fused-ring (bicyclic) bond motifs is 1. The number of carbonyl (C=O) groups is 1. The highest BCUT2D eigenvalue weighted by Gasteiger charge is 2.15. The third-order valence-electron chi connectivity index (χ3n) is 3.76. The molecule has 2 aromatic heterocycles. The van der Waals surface area contributed by atoms with Crippen LogP contribution in [0.5, 0.6) is 5.75 Å². The van der Waals surface area contributed by atoms with Crippen molar-refractivity contribution < 1.29 is 9.53 Å². The Hall–Kier alpha value is -3.16. The molecule has 0 aliphatic heterocycles. The van der Waals surface area contributed by atoms with E-state index in [1.54, 1.807) is 23.8 Å². The number of hydrogen-bond acceptors (Lipinski definition) is 6. The van der Waals surface area contributed by atoms with Crippen molar-refractivity contribution in [3.05, 3.63) is 41.2 Å². The lowest BCUT2D eigenvalue weighted by Gasteiger charge is -2.11. The average Bonchev–Trinajstić information content (AvgIpc) is 2.92. The summed E-state index contributed by atoms with van der Waals surface area (Å²) < 4.78 is 6.70. The number of rotatable bonds is 4. The highest BCUT2D eigenvalue weighted by molar-refractivity contribution is 5.92. The number of amides is 1. The van der Waals surface area contributed by atoms with Crippen molar-refractivity contribution in [2.75, 3.05) is 18.2 Å². The van der Waals surface area contributed by atoms with Crippen LogP contribution in [-0.4, -0.2) is 32.6 Å². The quantitative estimate of drug-likeness (QED) is 0.752. The first kappa shape index (κ1) is 15.7. The zero-order valence-corrected chi connectivity index (χ0v) is 13.7. The molecule has 0 unspecified atom stereocenters. The van der Waals surface area contributed by atoms with Gasteiger partial charge in [0.25, 0.3) is 5.78 Å². The molecular formula is C16H18N6O2. The van der Waals surface area contributed by atoms with Crippen molar-refractivity contribution in [3.63, 3.8) is 0 Å². The first-order chi connectivity index (χ1) is 11.5. The minimum atomic E-state index is -0.149. The monoisotopic (exact) mass is 326 g/mol. The van der Waals surface area contributed by atoms with Gasteiger partial charge < -0.3 is 15.8 Å². The summed E-state index contributed by atoms with van der Waals surface area (Å²) in [5.74, 6) is 1.12. The molecular weight excluding hydrogens is 308 g/mol. The molecule has 0 bridgehead atoms. The van der Waals surface area contributed by atoms with Gasteiger partial charge in [-0.25, -0.2) is 4.98 Å². The van der Waals surface area contributed by atoms with Gasteiger partial charge in [-0.2, -0.15) is 9.50 Å². The van der Waals surface area contributed by atoms with Crippen molar-refractivity contribution in [2.45, 2.75) is 20.3 Å². The summed E-state index contributed by atoms with van der Waals surface area (Å²) in [7, 11) is 1.58. The number of hydrogen-bond donors (Lipinski definition) is 2. The molecule has 0 fully saturated rings. The van der Waals surface area contributed by atoms with Crippen LogP contribution >= 0.6 is 0 Å². The molecule has 0 spiro atoms. The summed E-state index contributed by atoms with van der Waals surface area (Å²) >= 11 is 0. The van der Waals surface area contributed by atoms with Crippen LogP contribution in [0.4, 0.5) is 11.6 Å². The standard InChI is InChI=1S/C16H18N6O2/c1-9-13(10(2)22-16(18-9)20-15(17)21-22)8-14(23)19-11-5-4-6-12(7-11)24-3/h4-7H,8H2,1-3H3,(H2,17,21)(H,19,23). The summed E-state index contributed by atoms with van der Waals surface area (Å²) in [4.78, 5) is 20.8. The van der Waals surface area contributed by atoms with E-state index >= 15 is 0 Å². The maximum Gasteiger partial charge on any atom is 0.254 e. The fourth-order valence-corrected chi connectivity index (χ4v) is 2.55. The summed E-state index contributed by atoms with van der Waals surface area (Å²) in [6.45, 7) is 3.70. The molecule has 1 amide bonds. The molecule has 0 saturated heterocycles. The Bertz CT molecular complexity index is 918. The van der Waals surface area contributed by atoms with Crippen LogP contribution in [-0.2, 0) is 11.2 Å². The first-order valence-electron chi connectivity index (χ1n) is 7.40. The number of nitrogens with two attached hydrogens (primary N) is 1. The van der Waals surface area contributed by atoms with Gasteiger partial charge in [-0.1, -0.05) is 6.07 Å². The Morgan fingerprint density at radius 2 is 2.12 bits per heavy atom. The second-order valence-electron chi connectivity index (χ2n) is 5.40. The third-order valence-corrected chi connectivity index (χ3v) is 3.76.